The predicted octanol–water partition coefficient (Wildman–Crippen LogP) is 0.489. The molecule has 46 valence electrons. The molecule has 1 saturated carbocycles. The van der Waals surface area contributed by atoms with Gasteiger partial charge in [-0.1, -0.05) is 0 Å². The molecule has 0 aliphatic heterocycles. The van der Waals surface area contributed by atoms with Crippen LogP contribution >= 0.6 is 11.6 Å². The van der Waals surface area contributed by atoms with Crippen LogP contribution in [0.1, 0.15) is 12.8 Å². The average molecular weight is 134 g/mol. The fraction of sp³-hybridized carbons (Fsp3) is 0.800. The largest absolute Gasteiger partial charge is 0.370 e. The van der Waals surface area contributed by atoms with Crippen LogP contribution < -0.4 is 5.73 Å². The first-order valence-electron chi connectivity index (χ1n) is 2.62. The monoisotopic (exact) mass is 133 g/mol. The first kappa shape index (κ1) is 5.89. The van der Waals surface area contributed by atoms with Crippen molar-refractivity contribution >= 4 is 17.5 Å². The summed E-state index contributed by atoms with van der Waals surface area (Å²) in [5.74, 6) is 0.146. The van der Waals surface area contributed by atoms with E-state index in [9.17, 15) is 4.79 Å². The van der Waals surface area contributed by atoms with Crippen molar-refractivity contribution < 1.29 is 4.79 Å². The van der Waals surface area contributed by atoms with Gasteiger partial charge in [0.25, 0.3) is 0 Å². The summed E-state index contributed by atoms with van der Waals surface area (Å²) in [6.45, 7) is 0. The molecule has 3 heteroatoms. The first-order chi connectivity index (χ1) is 3.70. The third-order valence-corrected chi connectivity index (χ3v) is 1.83. The van der Waals surface area contributed by atoms with Gasteiger partial charge in [-0.3, -0.25) is 4.79 Å². The SMILES string of the molecule is NC(=O)CC1CC1Cl. The van der Waals surface area contributed by atoms with Crippen LogP contribution in [0.4, 0.5) is 0 Å². The summed E-state index contributed by atoms with van der Waals surface area (Å²) < 4.78 is 0. The van der Waals surface area contributed by atoms with Gasteiger partial charge in [-0.15, -0.1) is 11.6 Å². The molecule has 2 nitrogen and oxygen atoms in total. The van der Waals surface area contributed by atoms with E-state index in [0.717, 1.165) is 6.42 Å². The van der Waals surface area contributed by atoms with Crippen molar-refractivity contribution in [2.24, 2.45) is 11.7 Å². The minimum atomic E-state index is -0.238. The topological polar surface area (TPSA) is 43.1 Å². The first-order valence-corrected chi connectivity index (χ1v) is 3.06. The summed E-state index contributed by atoms with van der Waals surface area (Å²) in [6.07, 6.45) is 1.43. The Balaban J connectivity index is 2.14. The molecule has 0 saturated heterocycles. The second kappa shape index (κ2) is 1.94. The molecule has 2 unspecified atom stereocenters. The lowest BCUT2D eigenvalue weighted by molar-refractivity contribution is -0.118. The van der Waals surface area contributed by atoms with E-state index in [2.05, 4.69) is 0 Å². The highest BCUT2D eigenvalue weighted by Gasteiger charge is 2.35. The van der Waals surface area contributed by atoms with Gasteiger partial charge in [-0.25, -0.2) is 0 Å². The molecule has 1 fully saturated rings. The zero-order valence-electron chi connectivity index (χ0n) is 4.43. The van der Waals surface area contributed by atoms with Gasteiger partial charge >= 0.3 is 0 Å². The van der Waals surface area contributed by atoms with Gasteiger partial charge in [0.1, 0.15) is 0 Å². The molecule has 2 N–H and O–H groups in total. The van der Waals surface area contributed by atoms with E-state index in [1.54, 1.807) is 0 Å². The highest BCUT2D eigenvalue weighted by Crippen LogP contribution is 2.38. The van der Waals surface area contributed by atoms with Crippen LogP contribution in [0.3, 0.4) is 0 Å². The number of primary amides is 1. The molecule has 0 aromatic carbocycles. The normalized spacial score (nSPS) is 34.6. The molecule has 0 heterocycles. The fourth-order valence-corrected chi connectivity index (χ4v) is 0.998. The van der Waals surface area contributed by atoms with Crippen LogP contribution in [0.5, 0.6) is 0 Å². The number of nitrogens with two attached hydrogens (primary N) is 1. The van der Waals surface area contributed by atoms with Crippen molar-refractivity contribution in [1.82, 2.24) is 0 Å². The molecule has 1 amide bonds. The van der Waals surface area contributed by atoms with Crippen molar-refractivity contribution in [2.45, 2.75) is 18.2 Å². The minimum Gasteiger partial charge on any atom is -0.370 e. The number of hydrogen-bond donors (Lipinski definition) is 1. The Kier molecular flexibility index (Phi) is 1.43. The Bertz CT molecular complexity index is 115. The third-order valence-electron chi connectivity index (χ3n) is 1.30. The second-order valence-electron chi connectivity index (χ2n) is 2.18. The van der Waals surface area contributed by atoms with Crippen LogP contribution in [0.25, 0.3) is 0 Å². The minimum absolute atomic E-state index is 0.225. The van der Waals surface area contributed by atoms with Gasteiger partial charge in [0.05, 0.1) is 0 Å². The summed E-state index contributed by atoms with van der Waals surface area (Å²) in [6, 6.07) is 0. The van der Waals surface area contributed by atoms with Crippen LogP contribution in [-0.4, -0.2) is 11.3 Å². The summed E-state index contributed by atoms with van der Waals surface area (Å²) in [4.78, 5) is 10.2. The maximum absolute atomic E-state index is 10.2. The van der Waals surface area contributed by atoms with E-state index in [4.69, 9.17) is 17.3 Å². The van der Waals surface area contributed by atoms with Crippen molar-refractivity contribution in [3.8, 4) is 0 Å². The lowest BCUT2D eigenvalue weighted by Crippen LogP contribution is -2.11. The molecule has 0 aromatic heterocycles. The van der Waals surface area contributed by atoms with Crippen molar-refractivity contribution in [2.75, 3.05) is 0 Å². The van der Waals surface area contributed by atoms with E-state index in [1.165, 1.54) is 0 Å². The van der Waals surface area contributed by atoms with Gasteiger partial charge in [-0.05, 0) is 12.3 Å². The van der Waals surface area contributed by atoms with Gasteiger partial charge in [0, 0.05) is 11.8 Å². The van der Waals surface area contributed by atoms with Crippen LogP contribution in [0.2, 0.25) is 0 Å². The molecule has 0 aromatic rings. The molecule has 0 spiro atoms. The average Bonchev–Trinajstić information content (AvgIpc) is 2.17. The molecule has 0 bridgehead atoms. The number of alkyl halides is 1. The van der Waals surface area contributed by atoms with Gasteiger partial charge in [0.15, 0.2) is 0 Å². The van der Waals surface area contributed by atoms with E-state index in [-0.39, 0.29) is 11.3 Å². The van der Waals surface area contributed by atoms with E-state index >= 15 is 0 Å². The standard InChI is InChI=1S/C5H8ClNO/c6-4-1-3(4)2-5(7)8/h3-4H,1-2H2,(H2,7,8). The maximum Gasteiger partial charge on any atom is 0.217 e. The third kappa shape index (κ3) is 1.37. The summed E-state index contributed by atoms with van der Waals surface area (Å²) in [5.41, 5.74) is 4.90. The lowest BCUT2D eigenvalue weighted by Gasteiger charge is -1.86. The summed E-state index contributed by atoms with van der Waals surface area (Å²) >= 11 is 5.59. The number of halogens is 1. The Hall–Kier alpha value is -0.240. The molecule has 1 aliphatic carbocycles. The lowest BCUT2D eigenvalue weighted by atomic mass is 10.3. The Morgan fingerprint density at radius 2 is 2.38 bits per heavy atom. The van der Waals surface area contributed by atoms with E-state index < -0.39 is 0 Å². The molecule has 1 rings (SSSR count). The quantitative estimate of drug-likeness (QED) is 0.548. The number of hydrogen-bond acceptors (Lipinski definition) is 1. The van der Waals surface area contributed by atoms with Gasteiger partial charge in [0.2, 0.25) is 5.91 Å². The number of carbonyl (C=O) groups is 1. The smallest absolute Gasteiger partial charge is 0.217 e. The van der Waals surface area contributed by atoms with Crippen LogP contribution in [-0.2, 0) is 4.79 Å². The van der Waals surface area contributed by atoms with Gasteiger partial charge < -0.3 is 5.73 Å². The molecule has 2 atom stereocenters. The highest BCUT2D eigenvalue weighted by atomic mass is 35.5. The zero-order chi connectivity index (χ0) is 6.15. The molecule has 1 aliphatic rings. The van der Waals surface area contributed by atoms with E-state index in [1.807, 2.05) is 0 Å². The highest BCUT2D eigenvalue weighted by molar-refractivity contribution is 6.22. The maximum atomic E-state index is 10.2. The zero-order valence-corrected chi connectivity index (χ0v) is 5.19. The van der Waals surface area contributed by atoms with Crippen molar-refractivity contribution in [1.29, 1.82) is 0 Å². The van der Waals surface area contributed by atoms with Crippen molar-refractivity contribution in [3.63, 3.8) is 0 Å². The molecular weight excluding hydrogens is 126 g/mol. The molecule has 8 heavy (non-hydrogen) atoms. The van der Waals surface area contributed by atoms with E-state index in [0.29, 0.717) is 12.3 Å². The van der Waals surface area contributed by atoms with Gasteiger partial charge in [-0.2, -0.15) is 0 Å². The van der Waals surface area contributed by atoms with Crippen LogP contribution in [0, 0.1) is 5.92 Å². The predicted molar refractivity (Wildman–Crippen MR) is 31.6 cm³/mol. The van der Waals surface area contributed by atoms with Crippen LogP contribution in [0.15, 0.2) is 0 Å². The molecule has 0 radical (unpaired) electrons. The Morgan fingerprint density at radius 3 is 2.50 bits per heavy atom. The number of carbonyl (C=O) groups excluding carboxylic acids is 1. The Labute approximate surface area is 53.0 Å². The molecular formula is C5H8ClNO. The summed E-state index contributed by atoms with van der Waals surface area (Å²) in [7, 11) is 0. The second-order valence-corrected chi connectivity index (χ2v) is 2.74. The van der Waals surface area contributed by atoms with Crippen molar-refractivity contribution in [3.05, 3.63) is 0 Å². The number of rotatable bonds is 2. The fourth-order valence-electron chi connectivity index (χ4n) is 0.680. The Morgan fingerprint density at radius 1 is 1.88 bits per heavy atom. The summed E-state index contributed by atoms with van der Waals surface area (Å²) in [5, 5.41) is 0.225. The number of amides is 1.